The molecule has 0 saturated carbocycles. The van der Waals surface area contributed by atoms with Crippen LogP contribution in [-0.4, -0.2) is 13.2 Å². The minimum Gasteiger partial charge on any atom is -0.493 e. The Morgan fingerprint density at radius 2 is 2.07 bits per heavy atom. The number of rotatable bonds is 6. The monoisotopic (exact) mass is 207 g/mol. The SMILES string of the molecule is CCCOc1ccc(CC)cc1CCN. The maximum absolute atomic E-state index is 5.68. The molecule has 0 unspecified atom stereocenters. The lowest BCUT2D eigenvalue weighted by molar-refractivity contribution is 0.314. The highest BCUT2D eigenvalue weighted by atomic mass is 16.5. The van der Waals surface area contributed by atoms with Gasteiger partial charge in [0.15, 0.2) is 0 Å². The molecule has 0 spiro atoms. The first kappa shape index (κ1) is 12.1. The summed E-state index contributed by atoms with van der Waals surface area (Å²) in [4.78, 5) is 0. The normalized spacial score (nSPS) is 10.3. The summed E-state index contributed by atoms with van der Waals surface area (Å²) in [6, 6.07) is 6.41. The van der Waals surface area contributed by atoms with Crippen LogP contribution in [0.1, 0.15) is 31.4 Å². The van der Waals surface area contributed by atoms with E-state index in [1.54, 1.807) is 0 Å². The summed E-state index contributed by atoms with van der Waals surface area (Å²) < 4.78 is 5.68. The Labute approximate surface area is 92.4 Å². The highest BCUT2D eigenvalue weighted by Gasteiger charge is 2.03. The summed E-state index contributed by atoms with van der Waals surface area (Å²) in [6.45, 7) is 5.73. The first-order valence-corrected chi connectivity index (χ1v) is 5.76. The summed E-state index contributed by atoms with van der Waals surface area (Å²) in [5.74, 6) is 1.000. The van der Waals surface area contributed by atoms with Crippen LogP contribution in [0.4, 0.5) is 0 Å². The molecule has 0 radical (unpaired) electrons. The molecular formula is C13H21NO. The number of hydrogen-bond acceptors (Lipinski definition) is 2. The Morgan fingerprint density at radius 3 is 2.67 bits per heavy atom. The Hall–Kier alpha value is -1.02. The van der Waals surface area contributed by atoms with Gasteiger partial charge in [-0.2, -0.15) is 0 Å². The molecule has 1 rings (SSSR count). The quantitative estimate of drug-likeness (QED) is 0.778. The Kier molecular flexibility index (Phi) is 5.19. The average Bonchev–Trinajstić information content (AvgIpc) is 2.27. The molecule has 0 heterocycles. The molecule has 2 N–H and O–H groups in total. The molecule has 2 nitrogen and oxygen atoms in total. The van der Waals surface area contributed by atoms with Crippen molar-refractivity contribution in [1.29, 1.82) is 0 Å². The second-order valence-electron chi connectivity index (χ2n) is 3.68. The standard InChI is InChI=1S/C13H21NO/c1-3-9-15-13-6-5-11(4-2)10-12(13)7-8-14/h5-6,10H,3-4,7-9,14H2,1-2H3. The van der Waals surface area contributed by atoms with Crippen LogP contribution in [0.3, 0.4) is 0 Å². The van der Waals surface area contributed by atoms with Crippen molar-refractivity contribution < 1.29 is 4.74 Å². The van der Waals surface area contributed by atoms with Crippen LogP contribution in [0, 0.1) is 0 Å². The molecule has 0 aliphatic heterocycles. The molecule has 0 saturated heterocycles. The van der Waals surface area contributed by atoms with Gasteiger partial charge in [-0.1, -0.05) is 26.0 Å². The summed E-state index contributed by atoms with van der Waals surface area (Å²) in [5, 5.41) is 0. The van der Waals surface area contributed by atoms with E-state index in [0.29, 0.717) is 6.54 Å². The maximum atomic E-state index is 5.68. The van der Waals surface area contributed by atoms with Crippen LogP contribution in [-0.2, 0) is 12.8 Å². The second kappa shape index (κ2) is 6.46. The summed E-state index contributed by atoms with van der Waals surface area (Å²) in [5.41, 5.74) is 8.18. The van der Waals surface area contributed by atoms with E-state index < -0.39 is 0 Å². The molecule has 2 heteroatoms. The van der Waals surface area contributed by atoms with Gasteiger partial charge in [0.25, 0.3) is 0 Å². The Balaban J connectivity index is 2.82. The lowest BCUT2D eigenvalue weighted by Crippen LogP contribution is -2.06. The third-order valence-electron chi connectivity index (χ3n) is 2.41. The zero-order chi connectivity index (χ0) is 11.1. The third kappa shape index (κ3) is 3.56. The van der Waals surface area contributed by atoms with Gasteiger partial charge in [-0.3, -0.25) is 0 Å². The predicted octanol–water partition coefficient (Wildman–Crippen LogP) is 2.54. The number of aryl methyl sites for hydroxylation is 1. The fourth-order valence-electron chi connectivity index (χ4n) is 1.56. The molecule has 0 aromatic heterocycles. The molecule has 0 fully saturated rings. The van der Waals surface area contributed by atoms with Gasteiger partial charge in [0, 0.05) is 0 Å². The first-order valence-electron chi connectivity index (χ1n) is 5.76. The van der Waals surface area contributed by atoms with Crippen LogP contribution >= 0.6 is 0 Å². The average molecular weight is 207 g/mol. The molecule has 0 aliphatic rings. The zero-order valence-electron chi connectivity index (χ0n) is 9.75. The highest BCUT2D eigenvalue weighted by Crippen LogP contribution is 2.21. The molecule has 0 atom stereocenters. The van der Waals surface area contributed by atoms with Gasteiger partial charge < -0.3 is 10.5 Å². The van der Waals surface area contributed by atoms with Crippen molar-refractivity contribution in [3.05, 3.63) is 29.3 Å². The van der Waals surface area contributed by atoms with Crippen LogP contribution < -0.4 is 10.5 Å². The molecule has 0 bridgehead atoms. The molecule has 1 aromatic rings. The van der Waals surface area contributed by atoms with E-state index in [1.165, 1.54) is 11.1 Å². The van der Waals surface area contributed by atoms with Crippen molar-refractivity contribution in [1.82, 2.24) is 0 Å². The minimum atomic E-state index is 0.676. The lowest BCUT2D eigenvalue weighted by atomic mass is 10.1. The van der Waals surface area contributed by atoms with Crippen LogP contribution in [0.2, 0.25) is 0 Å². The molecular weight excluding hydrogens is 186 g/mol. The zero-order valence-corrected chi connectivity index (χ0v) is 9.75. The summed E-state index contributed by atoms with van der Waals surface area (Å²) in [6.07, 6.45) is 3.00. The van der Waals surface area contributed by atoms with Gasteiger partial charge in [0.1, 0.15) is 5.75 Å². The van der Waals surface area contributed by atoms with E-state index >= 15 is 0 Å². The number of ether oxygens (including phenoxy) is 1. The fraction of sp³-hybridized carbons (Fsp3) is 0.538. The van der Waals surface area contributed by atoms with E-state index in [2.05, 4.69) is 32.0 Å². The van der Waals surface area contributed by atoms with Crippen molar-refractivity contribution in [2.75, 3.05) is 13.2 Å². The third-order valence-corrected chi connectivity index (χ3v) is 2.41. The van der Waals surface area contributed by atoms with E-state index in [1.807, 2.05) is 0 Å². The van der Waals surface area contributed by atoms with Crippen molar-refractivity contribution in [2.45, 2.75) is 33.1 Å². The maximum Gasteiger partial charge on any atom is 0.122 e. The van der Waals surface area contributed by atoms with Crippen LogP contribution in [0.15, 0.2) is 18.2 Å². The van der Waals surface area contributed by atoms with Crippen molar-refractivity contribution in [3.8, 4) is 5.75 Å². The molecule has 15 heavy (non-hydrogen) atoms. The Bertz CT molecular complexity index is 297. The van der Waals surface area contributed by atoms with E-state index in [-0.39, 0.29) is 0 Å². The highest BCUT2D eigenvalue weighted by molar-refractivity contribution is 5.37. The smallest absolute Gasteiger partial charge is 0.122 e. The largest absolute Gasteiger partial charge is 0.493 e. The van der Waals surface area contributed by atoms with E-state index in [4.69, 9.17) is 10.5 Å². The van der Waals surface area contributed by atoms with Gasteiger partial charge in [-0.15, -0.1) is 0 Å². The summed E-state index contributed by atoms with van der Waals surface area (Å²) in [7, 11) is 0. The van der Waals surface area contributed by atoms with Gasteiger partial charge in [0.2, 0.25) is 0 Å². The van der Waals surface area contributed by atoms with Crippen molar-refractivity contribution in [3.63, 3.8) is 0 Å². The van der Waals surface area contributed by atoms with Crippen molar-refractivity contribution >= 4 is 0 Å². The Morgan fingerprint density at radius 1 is 1.27 bits per heavy atom. The van der Waals surface area contributed by atoms with Crippen molar-refractivity contribution in [2.24, 2.45) is 5.73 Å². The van der Waals surface area contributed by atoms with E-state index in [9.17, 15) is 0 Å². The predicted molar refractivity (Wildman–Crippen MR) is 64.4 cm³/mol. The molecule has 84 valence electrons. The van der Waals surface area contributed by atoms with Gasteiger partial charge in [-0.25, -0.2) is 0 Å². The first-order chi connectivity index (χ1) is 7.31. The van der Waals surface area contributed by atoms with Crippen LogP contribution in [0.25, 0.3) is 0 Å². The van der Waals surface area contributed by atoms with Crippen LogP contribution in [0.5, 0.6) is 5.75 Å². The molecule has 0 aliphatic carbocycles. The summed E-state index contributed by atoms with van der Waals surface area (Å²) >= 11 is 0. The number of benzene rings is 1. The topological polar surface area (TPSA) is 35.2 Å². The number of nitrogens with two attached hydrogens (primary N) is 1. The lowest BCUT2D eigenvalue weighted by Gasteiger charge is -2.11. The number of hydrogen-bond donors (Lipinski definition) is 1. The van der Waals surface area contributed by atoms with Gasteiger partial charge in [-0.05, 0) is 43.0 Å². The molecule has 0 amide bonds. The minimum absolute atomic E-state index is 0.676. The van der Waals surface area contributed by atoms with E-state index in [0.717, 1.165) is 31.6 Å². The van der Waals surface area contributed by atoms with Gasteiger partial charge in [0.05, 0.1) is 6.61 Å². The van der Waals surface area contributed by atoms with Gasteiger partial charge >= 0.3 is 0 Å². The molecule has 1 aromatic carbocycles. The fourth-order valence-corrected chi connectivity index (χ4v) is 1.56. The second-order valence-corrected chi connectivity index (χ2v) is 3.68.